The molecule has 0 radical (unpaired) electrons. The lowest BCUT2D eigenvalue weighted by Crippen LogP contribution is -2.18. The van der Waals surface area contributed by atoms with Crippen LogP contribution < -0.4 is 5.32 Å². The summed E-state index contributed by atoms with van der Waals surface area (Å²) < 4.78 is 39.1. The number of alkyl halides is 3. The Morgan fingerprint density at radius 1 is 1.30 bits per heavy atom. The zero-order valence-electron chi connectivity index (χ0n) is 10.4. The first-order chi connectivity index (χ1) is 9.51. The number of rotatable bonds is 3. The van der Waals surface area contributed by atoms with Crippen molar-refractivity contribution in [3.63, 3.8) is 0 Å². The van der Waals surface area contributed by atoms with Crippen molar-refractivity contribution in [2.24, 2.45) is 0 Å². The van der Waals surface area contributed by atoms with Crippen LogP contribution in [0.25, 0.3) is 10.9 Å². The van der Waals surface area contributed by atoms with Crippen LogP contribution in [-0.4, -0.2) is 23.7 Å². The fraction of sp³-hybridized carbons (Fsp3) is 0.214. The minimum Gasteiger partial charge on any atom is -0.348 e. The fourth-order valence-electron chi connectivity index (χ4n) is 1.89. The smallest absolute Gasteiger partial charge is 0.348 e. The quantitative estimate of drug-likeness (QED) is 0.522. The van der Waals surface area contributed by atoms with Crippen molar-refractivity contribution in [3.05, 3.63) is 36.0 Å². The van der Waals surface area contributed by atoms with E-state index in [1.54, 1.807) is 30.3 Å². The number of carbonyl (C=O) groups is 1. The van der Waals surface area contributed by atoms with Gasteiger partial charge in [0.25, 0.3) is 0 Å². The molecule has 0 aliphatic heterocycles. The van der Waals surface area contributed by atoms with Crippen molar-refractivity contribution in [2.75, 3.05) is 6.54 Å². The fourth-order valence-corrected chi connectivity index (χ4v) is 1.89. The van der Waals surface area contributed by atoms with Crippen LogP contribution >= 0.6 is 0 Å². The number of carbonyl (C=O) groups excluding carboxylic acids is 1. The maximum Gasteiger partial charge on any atom is 0.406 e. The normalized spacial score (nSPS) is 10.9. The Kier molecular flexibility index (Phi) is 3.99. The Morgan fingerprint density at radius 3 is 2.75 bits per heavy atom. The number of benzene rings is 1. The Morgan fingerprint density at radius 2 is 2.05 bits per heavy atom. The van der Waals surface area contributed by atoms with E-state index in [1.807, 2.05) is 0 Å². The number of amides is 1. The van der Waals surface area contributed by atoms with Gasteiger partial charge in [-0.15, -0.1) is 0 Å². The molecular formula is C14H11F3N2O. The van der Waals surface area contributed by atoms with Crippen LogP contribution in [0.4, 0.5) is 13.2 Å². The summed E-state index contributed by atoms with van der Waals surface area (Å²) in [6, 6.07) is 8.40. The lowest BCUT2D eigenvalue weighted by atomic mass is 10.2. The molecule has 0 fully saturated rings. The van der Waals surface area contributed by atoms with Crippen molar-refractivity contribution in [1.82, 2.24) is 9.88 Å². The molecule has 0 bridgehead atoms. The number of halogens is 3. The molecule has 3 nitrogen and oxygen atoms in total. The average molecular weight is 280 g/mol. The van der Waals surface area contributed by atoms with Gasteiger partial charge in [0.15, 0.2) is 0 Å². The molecule has 0 unspecified atom stereocenters. The summed E-state index contributed by atoms with van der Waals surface area (Å²) >= 11 is 0. The predicted molar refractivity (Wildman–Crippen MR) is 68.9 cm³/mol. The summed E-state index contributed by atoms with van der Waals surface area (Å²) in [6.07, 6.45) is -3.83. The standard InChI is InChI=1S/C14H11F3N2O/c15-14(16,17)9-19-12(5-3-7-18-10-20)8-11-4-1-2-6-13(11)19/h1-2,4,6,8,10H,7,9H2,(H,18,20). The molecule has 1 N–H and O–H groups in total. The molecular weight excluding hydrogens is 269 g/mol. The monoisotopic (exact) mass is 280 g/mol. The van der Waals surface area contributed by atoms with Crippen molar-refractivity contribution < 1.29 is 18.0 Å². The second-order valence-electron chi connectivity index (χ2n) is 4.09. The van der Waals surface area contributed by atoms with Gasteiger partial charge in [-0.1, -0.05) is 24.1 Å². The summed E-state index contributed by atoms with van der Waals surface area (Å²) in [7, 11) is 0. The van der Waals surface area contributed by atoms with Crippen LogP contribution in [0.3, 0.4) is 0 Å². The van der Waals surface area contributed by atoms with Crippen molar-refractivity contribution >= 4 is 17.3 Å². The van der Waals surface area contributed by atoms with E-state index in [1.165, 1.54) is 0 Å². The van der Waals surface area contributed by atoms with E-state index in [-0.39, 0.29) is 12.2 Å². The number of hydrogen-bond donors (Lipinski definition) is 1. The molecule has 0 aliphatic rings. The maximum absolute atomic E-state index is 12.6. The first-order valence-corrected chi connectivity index (χ1v) is 5.82. The second kappa shape index (κ2) is 5.70. The Balaban J connectivity index is 2.43. The summed E-state index contributed by atoms with van der Waals surface area (Å²) in [5, 5.41) is 3.03. The minimum absolute atomic E-state index is 0.0943. The molecule has 0 atom stereocenters. The van der Waals surface area contributed by atoms with Crippen molar-refractivity contribution in [3.8, 4) is 11.8 Å². The third-order valence-corrected chi connectivity index (χ3v) is 2.64. The van der Waals surface area contributed by atoms with Gasteiger partial charge in [-0.05, 0) is 18.1 Å². The molecule has 1 amide bonds. The van der Waals surface area contributed by atoms with Crippen LogP contribution in [0.5, 0.6) is 0 Å². The van der Waals surface area contributed by atoms with Gasteiger partial charge in [0, 0.05) is 10.9 Å². The molecule has 0 aliphatic carbocycles. The summed E-state index contributed by atoms with van der Waals surface area (Å²) in [6.45, 7) is -0.997. The summed E-state index contributed by atoms with van der Waals surface area (Å²) in [5.74, 6) is 5.26. The van der Waals surface area contributed by atoms with Crippen molar-refractivity contribution in [1.29, 1.82) is 0 Å². The number of para-hydroxylation sites is 1. The van der Waals surface area contributed by atoms with E-state index in [2.05, 4.69) is 17.2 Å². The van der Waals surface area contributed by atoms with Gasteiger partial charge in [0.05, 0.1) is 12.2 Å². The first-order valence-electron chi connectivity index (χ1n) is 5.82. The van der Waals surface area contributed by atoms with Crippen LogP contribution in [0, 0.1) is 11.8 Å². The summed E-state index contributed by atoms with van der Waals surface area (Å²) in [4.78, 5) is 10.1. The highest BCUT2D eigenvalue weighted by molar-refractivity contribution is 5.82. The van der Waals surface area contributed by atoms with E-state index < -0.39 is 12.7 Å². The molecule has 1 heterocycles. The minimum atomic E-state index is -4.32. The van der Waals surface area contributed by atoms with Crippen LogP contribution in [0.2, 0.25) is 0 Å². The largest absolute Gasteiger partial charge is 0.406 e. The number of nitrogens with zero attached hydrogens (tertiary/aromatic N) is 1. The SMILES string of the molecule is O=CNCC#Cc1cc2ccccc2n1CC(F)(F)F. The highest BCUT2D eigenvalue weighted by Gasteiger charge is 2.29. The van der Waals surface area contributed by atoms with E-state index in [0.29, 0.717) is 17.3 Å². The van der Waals surface area contributed by atoms with E-state index in [9.17, 15) is 18.0 Å². The molecule has 0 spiro atoms. The van der Waals surface area contributed by atoms with Gasteiger partial charge in [0.2, 0.25) is 6.41 Å². The van der Waals surface area contributed by atoms with Gasteiger partial charge >= 0.3 is 6.18 Å². The van der Waals surface area contributed by atoms with Gasteiger partial charge < -0.3 is 9.88 Å². The van der Waals surface area contributed by atoms with Gasteiger partial charge in [-0.3, -0.25) is 4.79 Å². The van der Waals surface area contributed by atoms with Crippen molar-refractivity contribution in [2.45, 2.75) is 12.7 Å². The third kappa shape index (κ3) is 3.32. The maximum atomic E-state index is 12.6. The predicted octanol–water partition coefficient (Wildman–Crippen LogP) is 2.30. The highest BCUT2D eigenvalue weighted by atomic mass is 19.4. The zero-order valence-corrected chi connectivity index (χ0v) is 10.4. The second-order valence-corrected chi connectivity index (χ2v) is 4.09. The average Bonchev–Trinajstić information content (AvgIpc) is 2.71. The Bertz CT molecular complexity index is 677. The van der Waals surface area contributed by atoms with Gasteiger partial charge in [0.1, 0.15) is 6.54 Å². The molecule has 20 heavy (non-hydrogen) atoms. The molecule has 0 saturated heterocycles. The molecule has 6 heteroatoms. The first kappa shape index (κ1) is 14.0. The lowest BCUT2D eigenvalue weighted by molar-refractivity contribution is -0.140. The highest BCUT2D eigenvalue weighted by Crippen LogP contribution is 2.25. The molecule has 1 aromatic heterocycles. The van der Waals surface area contributed by atoms with Gasteiger partial charge in [-0.25, -0.2) is 0 Å². The Labute approximate surface area is 113 Å². The number of nitrogens with one attached hydrogen (secondary N) is 1. The lowest BCUT2D eigenvalue weighted by Gasteiger charge is -2.10. The molecule has 2 rings (SSSR count). The number of fused-ring (bicyclic) bond motifs is 1. The molecule has 0 saturated carbocycles. The Hall–Kier alpha value is -2.42. The van der Waals surface area contributed by atoms with Crippen LogP contribution in [0.1, 0.15) is 5.69 Å². The molecule has 104 valence electrons. The van der Waals surface area contributed by atoms with Crippen LogP contribution in [0.15, 0.2) is 30.3 Å². The number of aromatic nitrogens is 1. The molecule has 2 aromatic rings. The zero-order chi connectivity index (χ0) is 14.6. The van der Waals surface area contributed by atoms with E-state index in [4.69, 9.17) is 0 Å². The van der Waals surface area contributed by atoms with E-state index in [0.717, 1.165) is 4.57 Å². The topological polar surface area (TPSA) is 34.0 Å². The van der Waals surface area contributed by atoms with E-state index >= 15 is 0 Å². The number of hydrogen-bond acceptors (Lipinski definition) is 1. The van der Waals surface area contributed by atoms with Gasteiger partial charge in [-0.2, -0.15) is 13.2 Å². The summed E-state index contributed by atoms with van der Waals surface area (Å²) in [5.41, 5.74) is 0.758. The third-order valence-electron chi connectivity index (χ3n) is 2.64. The molecule has 1 aromatic carbocycles. The van der Waals surface area contributed by atoms with Crippen LogP contribution in [-0.2, 0) is 11.3 Å².